The third-order valence-corrected chi connectivity index (χ3v) is 6.54. The number of amides is 2. The standard InChI is InChI=1S/C22H28ClN3O6S/c1-15(22(28)24-2)25(13-16-8-6-7-9-18(16)23)21(27)14-26(33(5,29)30)19-11-10-17(31-3)12-20(19)32-4/h6-12,15H,13-14H2,1-5H3,(H,24,28). The van der Waals surface area contributed by atoms with Crippen LogP contribution in [0, 0.1) is 0 Å². The van der Waals surface area contributed by atoms with E-state index in [1.807, 2.05) is 0 Å². The lowest BCUT2D eigenvalue weighted by atomic mass is 10.1. The fraction of sp³-hybridized carbons (Fsp3) is 0.364. The van der Waals surface area contributed by atoms with Crippen molar-refractivity contribution in [1.82, 2.24) is 10.2 Å². The molecule has 0 saturated carbocycles. The largest absolute Gasteiger partial charge is 0.497 e. The Morgan fingerprint density at radius 3 is 2.33 bits per heavy atom. The molecule has 2 aromatic rings. The van der Waals surface area contributed by atoms with Gasteiger partial charge >= 0.3 is 0 Å². The fourth-order valence-electron chi connectivity index (χ4n) is 3.19. The van der Waals surface area contributed by atoms with Crippen LogP contribution in [-0.2, 0) is 26.2 Å². The number of likely N-dealkylation sites (N-methyl/N-ethyl adjacent to an activating group) is 1. The predicted molar refractivity (Wildman–Crippen MR) is 127 cm³/mol. The van der Waals surface area contributed by atoms with Crippen LogP contribution in [0.15, 0.2) is 42.5 Å². The molecule has 11 heteroatoms. The van der Waals surface area contributed by atoms with E-state index >= 15 is 0 Å². The minimum absolute atomic E-state index is 0.0183. The summed E-state index contributed by atoms with van der Waals surface area (Å²) in [6.07, 6.45) is 0.991. The molecule has 180 valence electrons. The average molecular weight is 498 g/mol. The number of ether oxygens (including phenoxy) is 2. The van der Waals surface area contributed by atoms with Crippen molar-refractivity contribution in [3.8, 4) is 11.5 Å². The summed E-state index contributed by atoms with van der Waals surface area (Å²) in [7, 11) is 0.426. The molecule has 0 heterocycles. The van der Waals surface area contributed by atoms with Gasteiger partial charge in [0.2, 0.25) is 21.8 Å². The molecule has 0 aliphatic heterocycles. The first kappa shape index (κ1) is 26.3. The molecule has 1 N–H and O–H groups in total. The summed E-state index contributed by atoms with van der Waals surface area (Å²) in [6.45, 7) is 1.03. The molecule has 0 aliphatic carbocycles. The van der Waals surface area contributed by atoms with E-state index in [1.54, 1.807) is 37.3 Å². The van der Waals surface area contributed by atoms with Gasteiger partial charge in [-0.2, -0.15) is 0 Å². The fourth-order valence-corrected chi connectivity index (χ4v) is 4.24. The molecule has 1 atom stereocenters. The molecule has 0 saturated heterocycles. The maximum absolute atomic E-state index is 13.4. The van der Waals surface area contributed by atoms with E-state index in [0.717, 1.165) is 10.6 Å². The van der Waals surface area contributed by atoms with Crippen LogP contribution in [0.4, 0.5) is 5.69 Å². The molecule has 0 radical (unpaired) electrons. The Bertz CT molecular complexity index is 1110. The number of nitrogens with zero attached hydrogens (tertiary/aromatic N) is 2. The highest BCUT2D eigenvalue weighted by atomic mass is 35.5. The van der Waals surface area contributed by atoms with Crippen molar-refractivity contribution in [3.63, 3.8) is 0 Å². The molecule has 2 amide bonds. The smallest absolute Gasteiger partial charge is 0.244 e. The molecular weight excluding hydrogens is 470 g/mol. The number of anilines is 1. The zero-order valence-corrected chi connectivity index (χ0v) is 20.7. The summed E-state index contributed by atoms with van der Waals surface area (Å²) < 4.78 is 36.7. The molecular formula is C22H28ClN3O6S. The van der Waals surface area contributed by atoms with Crippen molar-refractivity contribution in [2.24, 2.45) is 0 Å². The van der Waals surface area contributed by atoms with Gasteiger partial charge in [-0.1, -0.05) is 29.8 Å². The van der Waals surface area contributed by atoms with Crippen LogP contribution in [0.25, 0.3) is 0 Å². The average Bonchev–Trinajstić information content (AvgIpc) is 2.79. The Hall–Kier alpha value is -2.98. The lowest BCUT2D eigenvalue weighted by Crippen LogP contribution is -2.50. The minimum Gasteiger partial charge on any atom is -0.497 e. The number of halogens is 1. The Kier molecular flexibility index (Phi) is 8.95. The van der Waals surface area contributed by atoms with Crippen LogP contribution in [0.3, 0.4) is 0 Å². The van der Waals surface area contributed by atoms with Gasteiger partial charge < -0.3 is 19.7 Å². The van der Waals surface area contributed by atoms with Crippen LogP contribution in [-0.4, -0.2) is 65.2 Å². The number of carbonyl (C=O) groups is 2. The van der Waals surface area contributed by atoms with Crippen LogP contribution < -0.4 is 19.1 Å². The Morgan fingerprint density at radius 1 is 1.12 bits per heavy atom. The second-order valence-electron chi connectivity index (χ2n) is 7.21. The molecule has 0 aliphatic rings. The van der Waals surface area contributed by atoms with E-state index < -0.39 is 34.4 Å². The topological polar surface area (TPSA) is 105 Å². The van der Waals surface area contributed by atoms with Gasteiger partial charge in [0.05, 0.1) is 26.2 Å². The lowest BCUT2D eigenvalue weighted by molar-refractivity contribution is -0.139. The SMILES string of the molecule is CNC(=O)C(C)N(Cc1ccccc1Cl)C(=O)CN(c1ccc(OC)cc1OC)S(C)(=O)=O. The molecule has 9 nitrogen and oxygen atoms in total. The third-order valence-electron chi connectivity index (χ3n) is 5.05. The summed E-state index contributed by atoms with van der Waals surface area (Å²) in [5.41, 5.74) is 0.788. The Labute approximate surface area is 199 Å². The van der Waals surface area contributed by atoms with Gasteiger partial charge in [0.15, 0.2) is 0 Å². The molecule has 2 aromatic carbocycles. The predicted octanol–water partition coefficient (Wildman–Crippen LogP) is 2.29. The van der Waals surface area contributed by atoms with Crippen molar-refractivity contribution < 1.29 is 27.5 Å². The molecule has 2 rings (SSSR count). The minimum atomic E-state index is -3.89. The van der Waals surface area contributed by atoms with Gasteiger partial charge in [-0.25, -0.2) is 8.42 Å². The first-order valence-electron chi connectivity index (χ1n) is 9.97. The summed E-state index contributed by atoms with van der Waals surface area (Å²) in [4.78, 5) is 27.0. The van der Waals surface area contributed by atoms with Gasteiger partial charge in [0.25, 0.3) is 0 Å². The van der Waals surface area contributed by atoms with Gasteiger partial charge in [-0.15, -0.1) is 0 Å². The van der Waals surface area contributed by atoms with E-state index in [0.29, 0.717) is 16.3 Å². The van der Waals surface area contributed by atoms with Gasteiger partial charge in [-0.05, 0) is 30.7 Å². The van der Waals surface area contributed by atoms with Crippen LogP contribution in [0.5, 0.6) is 11.5 Å². The number of methoxy groups -OCH3 is 2. The van der Waals surface area contributed by atoms with Crippen molar-refractivity contribution in [2.45, 2.75) is 19.5 Å². The van der Waals surface area contributed by atoms with E-state index in [1.165, 1.54) is 38.3 Å². The highest BCUT2D eigenvalue weighted by Crippen LogP contribution is 2.33. The summed E-state index contributed by atoms with van der Waals surface area (Å²) in [6, 6.07) is 10.6. The van der Waals surface area contributed by atoms with Crippen LogP contribution in [0.2, 0.25) is 5.02 Å². The van der Waals surface area contributed by atoms with Gasteiger partial charge in [0, 0.05) is 24.7 Å². The van der Waals surface area contributed by atoms with Crippen LogP contribution in [0.1, 0.15) is 12.5 Å². The number of hydrogen-bond acceptors (Lipinski definition) is 6. The zero-order valence-electron chi connectivity index (χ0n) is 19.2. The second kappa shape index (κ2) is 11.2. The maximum Gasteiger partial charge on any atom is 0.244 e. The third kappa shape index (κ3) is 6.52. The van der Waals surface area contributed by atoms with E-state index in [-0.39, 0.29) is 18.0 Å². The second-order valence-corrected chi connectivity index (χ2v) is 9.52. The highest BCUT2D eigenvalue weighted by molar-refractivity contribution is 7.92. The Balaban J connectivity index is 2.47. The van der Waals surface area contributed by atoms with Crippen molar-refractivity contribution in [1.29, 1.82) is 0 Å². The van der Waals surface area contributed by atoms with Gasteiger partial charge in [0.1, 0.15) is 24.1 Å². The first-order chi connectivity index (χ1) is 15.5. The number of hydrogen-bond donors (Lipinski definition) is 1. The number of benzene rings is 2. The summed E-state index contributed by atoms with van der Waals surface area (Å²) >= 11 is 6.26. The molecule has 0 fully saturated rings. The molecule has 0 spiro atoms. The normalized spacial score (nSPS) is 11.9. The zero-order chi connectivity index (χ0) is 24.8. The molecule has 1 unspecified atom stereocenters. The quantitative estimate of drug-likeness (QED) is 0.540. The summed E-state index contributed by atoms with van der Waals surface area (Å²) in [5.74, 6) is -0.314. The van der Waals surface area contributed by atoms with E-state index in [9.17, 15) is 18.0 Å². The maximum atomic E-state index is 13.4. The van der Waals surface area contributed by atoms with Crippen molar-refractivity contribution in [2.75, 3.05) is 38.4 Å². The molecule has 0 bridgehead atoms. The number of sulfonamides is 1. The monoisotopic (exact) mass is 497 g/mol. The van der Waals surface area contributed by atoms with Crippen molar-refractivity contribution in [3.05, 3.63) is 53.1 Å². The first-order valence-corrected chi connectivity index (χ1v) is 12.2. The molecule has 0 aromatic heterocycles. The lowest BCUT2D eigenvalue weighted by Gasteiger charge is -2.31. The molecule has 33 heavy (non-hydrogen) atoms. The summed E-state index contributed by atoms with van der Waals surface area (Å²) in [5, 5.41) is 2.94. The van der Waals surface area contributed by atoms with Gasteiger partial charge in [-0.3, -0.25) is 13.9 Å². The number of rotatable bonds is 10. The number of carbonyl (C=O) groups excluding carboxylic acids is 2. The van der Waals surface area contributed by atoms with Crippen LogP contribution >= 0.6 is 11.6 Å². The van der Waals surface area contributed by atoms with E-state index in [2.05, 4.69) is 5.32 Å². The Morgan fingerprint density at radius 2 is 1.79 bits per heavy atom. The van der Waals surface area contributed by atoms with Crippen molar-refractivity contribution >= 4 is 39.1 Å². The van der Waals surface area contributed by atoms with E-state index in [4.69, 9.17) is 21.1 Å². The number of nitrogens with one attached hydrogen (secondary N) is 1. The highest BCUT2D eigenvalue weighted by Gasteiger charge is 2.31.